The lowest BCUT2D eigenvalue weighted by molar-refractivity contribution is 0.323. The van der Waals surface area contributed by atoms with Crippen molar-refractivity contribution < 1.29 is 4.74 Å². The molecule has 16 heavy (non-hydrogen) atoms. The van der Waals surface area contributed by atoms with E-state index in [-0.39, 0.29) is 0 Å². The highest BCUT2D eigenvalue weighted by Crippen LogP contribution is 2.15. The van der Waals surface area contributed by atoms with Crippen LogP contribution in [0.4, 0.5) is 0 Å². The second kappa shape index (κ2) is 6.06. The van der Waals surface area contributed by atoms with Crippen LogP contribution in [0.1, 0.15) is 10.4 Å². The van der Waals surface area contributed by atoms with Gasteiger partial charge in [0.2, 0.25) is 0 Å². The molecule has 0 saturated carbocycles. The SMILES string of the molecule is BrCc1ccc(OCCc2cccs2)cc1. The Bertz CT molecular complexity index is 408. The van der Waals surface area contributed by atoms with Crippen molar-refractivity contribution in [3.63, 3.8) is 0 Å². The van der Waals surface area contributed by atoms with E-state index in [9.17, 15) is 0 Å². The number of alkyl halides is 1. The summed E-state index contributed by atoms with van der Waals surface area (Å²) in [5.41, 5.74) is 1.27. The third-order valence-electron chi connectivity index (χ3n) is 2.27. The highest BCUT2D eigenvalue weighted by Gasteiger charge is 1.96. The van der Waals surface area contributed by atoms with Gasteiger partial charge in [0.25, 0.3) is 0 Å². The molecule has 1 nitrogen and oxygen atoms in total. The highest BCUT2D eigenvalue weighted by molar-refractivity contribution is 9.08. The summed E-state index contributed by atoms with van der Waals surface area (Å²) in [7, 11) is 0. The van der Waals surface area contributed by atoms with Crippen molar-refractivity contribution in [3.8, 4) is 5.75 Å². The van der Waals surface area contributed by atoms with E-state index >= 15 is 0 Å². The van der Waals surface area contributed by atoms with Crippen molar-refractivity contribution in [2.24, 2.45) is 0 Å². The number of hydrogen-bond donors (Lipinski definition) is 0. The van der Waals surface area contributed by atoms with Crippen LogP contribution in [-0.4, -0.2) is 6.61 Å². The predicted molar refractivity (Wildman–Crippen MR) is 72.6 cm³/mol. The zero-order valence-corrected chi connectivity index (χ0v) is 11.3. The topological polar surface area (TPSA) is 9.23 Å². The van der Waals surface area contributed by atoms with Gasteiger partial charge in [-0.3, -0.25) is 0 Å². The number of thiophene rings is 1. The van der Waals surface area contributed by atoms with Crippen molar-refractivity contribution in [3.05, 3.63) is 52.2 Å². The fourth-order valence-electron chi connectivity index (χ4n) is 1.40. The van der Waals surface area contributed by atoms with Crippen LogP contribution in [0, 0.1) is 0 Å². The molecule has 1 heterocycles. The lowest BCUT2D eigenvalue weighted by Gasteiger charge is -2.05. The van der Waals surface area contributed by atoms with Gasteiger partial charge in [0.15, 0.2) is 0 Å². The third-order valence-corrected chi connectivity index (χ3v) is 3.86. The molecule has 2 aromatic rings. The summed E-state index contributed by atoms with van der Waals surface area (Å²) in [6.45, 7) is 0.744. The van der Waals surface area contributed by atoms with Crippen LogP contribution < -0.4 is 4.74 Å². The van der Waals surface area contributed by atoms with Gasteiger partial charge < -0.3 is 4.74 Å². The van der Waals surface area contributed by atoms with Gasteiger partial charge in [-0.25, -0.2) is 0 Å². The van der Waals surface area contributed by atoms with Crippen LogP contribution in [-0.2, 0) is 11.8 Å². The van der Waals surface area contributed by atoms with Crippen LogP contribution in [0.5, 0.6) is 5.75 Å². The maximum atomic E-state index is 5.67. The monoisotopic (exact) mass is 296 g/mol. The molecule has 0 atom stereocenters. The Morgan fingerprint density at radius 3 is 2.56 bits per heavy atom. The van der Waals surface area contributed by atoms with Gasteiger partial charge in [0.1, 0.15) is 5.75 Å². The van der Waals surface area contributed by atoms with Gasteiger partial charge in [-0.1, -0.05) is 34.1 Å². The van der Waals surface area contributed by atoms with E-state index in [2.05, 4.69) is 45.6 Å². The first-order valence-electron chi connectivity index (χ1n) is 5.18. The minimum atomic E-state index is 0.744. The largest absolute Gasteiger partial charge is 0.493 e. The van der Waals surface area contributed by atoms with Crippen molar-refractivity contribution in [1.82, 2.24) is 0 Å². The van der Waals surface area contributed by atoms with E-state index in [1.54, 1.807) is 11.3 Å². The van der Waals surface area contributed by atoms with E-state index in [4.69, 9.17) is 4.74 Å². The first kappa shape index (κ1) is 11.7. The van der Waals surface area contributed by atoms with Gasteiger partial charge in [-0.2, -0.15) is 0 Å². The summed E-state index contributed by atoms with van der Waals surface area (Å²) in [5.74, 6) is 0.946. The van der Waals surface area contributed by atoms with Crippen LogP contribution in [0.15, 0.2) is 41.8 Å². The fourth-order valence-corrected chi connectivity index (χ4v) is 2.46. The average molecular weight is 297 g/mol. The van der Waals surface area contributed by atoms with Gasteiger partial charge in [0, 0.05) is 16.6 Å². The second-order valence-corrected chi connectivity index (χ2v) is 5.05. The summed E-state index contributed by atoms with van der Waals surface area (Å²) in [5, 5.41) is 2.99. The second-order valence-electron chi connectivity index (χ2n) is 3.46. The van der Waals surface area contributed by atoms with Crippen molar-refractivity contribution in [2.75, 3.05) is 6.61 Å². The maximum absolute atomic E-state index is 5.67. The molecular weight excluding hydrogens is 284 g/mol. The molecule has 0 aliphatic carbocycles. The normalized spacial score (nSPS) is 10.3. The molecule has 0 aliphatic heterocycles. The molecule has 0 aliphatic rings. The summed E-state index contributed by atoms with van der Waals surface area (Å²) in [6, 6.07) is 12.4. The molecule has 0 radical (unpaired) electrons. The highest BCUT2D eigenvalue weighted by atomic mass is 79.9. The quantitative estimate of drug-likeness (QED) is 0.749. The molecule has 0 amide bonds. The lowest BCUT2D eigenvalue weighted by atomic mass is 10.2. The molecule has 2 rings (SSSR count). The zero-order chi connectivity index (χ0) is 11.2. The molecule has 1 aromatic carbocycles. The van der Waals surface area contributed by atoms with E-state index in [1.807, 2.05) is 12.1 Å². The number of rotatable bonds is 5. The molecule has 0 saturated heterocycles. The summed E-state index contributed by atoms with van der Waals surface area (Å²) in [4.78, 5) is 1.37. The van der Waals surface area contributed by atoms with Crippen molar-refractivity contribution >= 4 is 27.3 Å². The smallest absolute Gasteiger partial charge is 0.119 e. The molecule has 84 valence electrons. The van der Waals surface area contributed by atoms with Gasteiger partial charge in [-0.05, 0) is 29.1 Å². The van der Waals surface area contributed by atoms with Crippen LogP contribution >= 0.6 is 27.3 Å². The standard InChI is InChI=1S/C13H13BrOS/c14-10-11-3-5-12(6-4-11)15-8-7-13-2-1-9-16-13/h1-6,9H,7-8,10H2. The van der Waals surface area contributed by atoms with Gasteiger partial charge >= 0.3 is 0 Å². The molecule has 0 unspecified atom stereocenters. The van der Waals surface area contributed by atoms with E-state index in [1.165, 1.54) is 10.4 Å². The predicted octanol–water partition coefficient (Wildman–Crippen LogP) is 4.26. The maximum Gasteiger partial charge on any atom is 0.119 e. The minimum Gasteiger partial charge on any atom is -0.493 e. The van der Waals surface area contributed by atoms with Gasteiger partial charge in [0.05, 0.1) is 6.61 Å². The first-order chi connectivity index (χ1) is 7.88. The minimum absolute atomic E-state index is 0.744. The Morgan fingerprint density at radius 2 is 1.94 bits per heavy atom. The first-order valence-corrected chi connectivity index (χ1v) is 7.18. The Hall–Kier alpha value is -0.800. The third kappa shape index (κ3) is 3.35. The van der Waals surface area contributed by atoms with E-state index in [0.717, 1.165) is 24.1 Å². The Morgan fingerprint density at radius 1 is 1.12 bits per heavy atom. The van der Waals surface area contributed by atoms with Crippen molar-refractivity contribution in [1.29, 1.82) is 0 Å². The Labute approximate surface area is 108 Å². The molecule has 0 fully saturated rings. The van der Waals surface area contributed by atoms with Gasteiger partial charge in [-0.15, -0.1) is 11.3 Å². The van der Waals surface area contributed by atoms with E-state index < -0.39 is 0 Å². The Balaban J connectivity index is 1.81. The van der Waals surface area contributed by atoms with Crippen molar-refractivity contribution in [2.45, 2.75) is 11.8 Å². The number of benzene rings is 1. The molecule has 0 bridgehead atoms. The van der Waals surface area contributed by atoms with Crippen LogP contribution in [0.25, 0.3) is 0 Å². The summed E-state index contributed by atoms with van der Waals surface area (Å²) in [6.07, 6.45) is 0.984. The number of ether oxygens (including phenoxy) is 1. The number of hydrogen-bond acceptors (Lipinski definition) is 2. The zero-order valence-electron chi connectivity index (χ0n) is 8.86. The fraction of sp³-hybridized carbons (Fsp3) is 0.231. The molecule has 3 heteroatoms. The molecule has 1 aromatic heterocycles. The van der Waals surface area contributed by atoms with Crippen LogP contribution in [0.2, 0.25) is 0 Å². The summed E-state index contributed by atoms with van der Waals surface area (Å²) >= 11 is 5.20. The van der Waals surface area contributed by atoms with Crippen LogP contribution in [0.3, 0.4) is 0 Å². The lowest BCUT2D eigenvalue weighted by Crippen LogP contribution is -1.99. The summed E-state index contributed by atoms with van der Waals surface area (Å²) < 4.78 is 5.67. The molecular formula is C13H13BrOS. The molecule has 0 N–H and O–H groups in total. The van der Waals surface area contributed by atoms with E-state index in [0.29, 0.717) is 0 Å². The average Bonchev–Trinajstić information content (AvgIpc) is 2.83. The molecule has 0 spiro atoms. The Kier molecular flexibility index (Phi) is 4.43. The number of halogens is 1.